The van der Waals surface area contributed by atoms with Gasteiger partial charge in [-0.3, -0.25) is 0 Å². The van der Waals surface area contributed by atoms with Crippen molar-refractivity contribution in [3.63, 3.8) is 0 Å². The van der Waals surface area contributed by atoms with Gasteiger partial charge in [0.15, 0.2) is 0 Å². The number of nitriles is 1. The summed E-state index contributed by atoms with van der Waals surface area (Å²) in [5.41, 5.74) is -0.315. The van der Waals surface area contributed by atoms with Gasteiger partial charge in [0.2, 0.25) is 0 Å². The van der Waals surface area contributed by atoms with E-state index in [0.717, 1.165) is 32.4 Å². The predicted octanol–water partition coefficient (Wildman–Crippen LogP) is 1.91. The molecule has 108 valence electrons. The summed E-state index contributed by atoms with van der Waals surface area (Å²) < 4.78 is 5.82. The van der Waals surface area contributed by atoms with E-state index < -0.39 is 0 Å². The van der Waals surface area contributed by atoms with Crippen LogP contribution in [0.15, 0.2) is 0 Å². The maximum Gasteiger partial charge on any atom is 0.108 e. The molecule has 1 aliphatic carbocycles. The second kappa shape index (κ2) is 6.69. The third-order valence-corrected chi connectivity index (χ3v) is 4.81. The van der Waals surface area contributed by atoms with Gasteiger partial charge in [0, 0.05) is 19.2 Å². The highest BCUT2D eigenvalue weighted by atomic mass is 16.5. The number of nitrogens with one attached hydrogen (secondary N) is 1. The molecule has 0 amide bonds. The lowest BCUT2D eigenvalue weighted by Gasteiger charge is -2.41. The van der Waals surface area contributed by atoms with Crippen LogP contribution in [-0.4, -0.2) is 49.8 Å². The molecule has 2 rings (SSSR count). The summed E-state index contributed by atoms with van der Waals surface area (Å²) in [6, 6.07) is 2.99. The van der Waals surface area contributed by atoms with Gasteiger partial charge < -0.3 is 15.0 Å². The van der Waals surface area contributed by atoms with Crippen molar-refractivity contribution in [1.29, 1.82) is 5.26 Å². The van der Waals surface area contributed by atoms with E-state index in [2.05, 4.69) is 23.3 Å². The zero-order valence-corrected chi connectivity index (χ0v) is 12.3. The minimum Gasteiger partial charge on any atom is -0.377 e. The SMILES string of the molecule is CNC1(C#N)CCCC(N(C)CC2CCCCO2)C1. The highest BCUT2D eigenvalue weighted by molar-refractivity contribution is 5.10. The normalized spacial score (nSPS) is 36.1. The Labute approximate surface area is 117 Å². The van der Waals surface area contributed by atoms with Crippen molar-refractivity contribution in [1.82, 2.24) is 10.2 Å². The Morgan fingerprint density at radius 2 is 2.21 bits per heavy atom. The highest BCUT2D eigenvalue weighted by Crippen LogP contribution is 2.30. The first-order chi connectivity index (χ1) is 9.19. The lowest BCUT2D eigenvalue weighted by molar-refractivity contribution is -0.0132. The Morgan fingerprint density at radius 1 is 1.37 bits per heavy atom. The van der Waals surface area contributed by atoms with Crippen molar-refractivity contribution < 1.29 is 4.74 Å². The fourth-order valence-electron chi connectivity index (χ4n) is 3.43. The van der Waals surface area contributed by atoms with Gasteiger partial charge in [-0.2, -0.15) is 5.26 Å². The second-order valence-corrected chi connectivity index (χ2v) is 6.12. The van der Waals surface area contributed by atoms with Crippen LogP contribution < -0.4 is 5.32 Å². The van der Waals surface area contributed by atoms with E-state index in [-0.39, 0.29) is 5.54 Å². The van der Waals surface area contributed by atoms with Crippen molar-refractivity contribution in [2.24, 2.45) is 0 Å². The molecule has 0 aromatic carbocycles. The number of hydrogen-bond acceptors (Lipinski definition) is 4. The molecule has 0 spiro atoms. The zero-order valence-electron chi connectivity index (χ0n) is 12.3. The maximum absolute atomic E-state index is 9.41. The van der Waals surface area contributed by atoms with E-state index in [1.165, 1.54) is 25.7 Å². The summed E-state index contributed by atoms with van der Waals surface area (Å²) in [6.07, 6.45) is 8.33. The predicted molar refractivity (Wildman–Crippen MR) is 75.9 cm³/mol. The first kappa shape index (κ1) is 14.8. The van der Waals surface area contributed by atoms with Gasteiger partial charge in [0.25, 0.3) is 0 Å². The minimum absolute atomic E-state index is 0.315. The van der Waals surface area contributed by atoms with Gasteiger partial charge in [-0.15, -0.1) is 0 Å². The minimum atomic E-state index is -0.315. The average molecular weight is 265 g/mol. The van der Waals surface area contributed by atoms with Crippen molar-refractivity contribution in [2.75, 3.05) is 27.2 Å². The largest absolute Gasteiger partial charge is 0.377 e. The third-order valence-electron chi connectivity index (χ3n) is 4.81. The zero-order chi connectivity index (χ0) is 13.7. The number of hydrogen-bond donors (Lipinski definition) is 1. The highest BCUT2D eigenvalue weighted by Gasteiger charge is 2.37. The van der Waals surface area contributed by atoms with Crippen molar-refractivity contribution >= 4 is 0 Å². The Morgan fingerprint density at radius 3 is 2.84 bits per heavy atom. The summed E-state index contributed by atoms with van der Waals surface area (Å²) in [5, 5.41) is 12.6. The fraction of sp³-hybridized carbons (Fsp3) is 0.933. The molecule has 2 fully saturated rings. The lowest BCUT2D eigenvalue weighted by Crippen LogP contribution is -2.52. The van der Waals surface area contributed by atoms with Crippen LogP contribution in [0.25, 0.3) is 0 Å². The summed E-state index contributed by atoms with van der Waals surface area (Å²) in [4.78, 5) is 2.42. The standard InChI is InChI=1S/C15H27N3O/c1-17-15(12-16)8-5-6-13(10-15)18(2)11-14-7-3-4-9-19-14/h13-14,17H,3-11H2,1-2H3. The quantitative estimate of drug-likeness (QED) is 0.843. The molecule has 4 nitrogen and oxygen atoms in total. The van der Waals surface area contributed by atoms with E-state index in [0.29, 0.717) is 12.1 Å². The number of ether oxygens (including phenoxy) is 1. The van der Waals surface area contributed by atoms with Crippen LogP contribution in [-0.2, 0) is 4.74 Å². The smallest absolute Gasteiger partial charge is 0.108 e. The van der Waals surface area contributed by atoms with Gasteiger partial charge in [0.05, 0.1) is 12.2 Å². The van der Waals surface area contributed by atoms with E-state index in [9.17, 15) is 5.26 Å². The van der Waals surface area contributed by atoms with Gasteiger partial charge in [-0.05, 0) is 59.0 Å². The monoisotopic (exact) mass is 265 g/mol. The van der Waals surface area contributed by atoms with E-state index >= 15 is 0 Å². The first-order valence-corrected chi connectivity index (χ1v) is 7.61. The topological polar surface area (TPSA) is 48.3 Å². The van der Waals surface area contributed by atoms with Gasteiger partial charge in [-0.25, -0.2) is 0 Å². The molecule has 1 saturated heterocycles. The molecule has 3 atom stereocenters. The molecule has 0 radical (unpaired) electrons. The maximum atomic E-state index is 9.41. The Hall–Kier alpha value is -0.630. The third kappa shape index (κ3) is 3.68. The van der Waals surface area contributed by atoms with E-state index in [4.69, 9.17) is 4.74 Å². The molecular formula is C15H27N3O. The average Bonchev–Trinajstić information content (AvgIpc) is 2.48. The number of nitrogens with zero attached hydrogens (tertiary/aromatic N) is 2. The summed E-state index contributed by atoms with van der Waals surface area (Å²) in [6.45, 7) is 1.93. The molecule has 0 aromatic heterocycles. The molecule has 2 aliphatic rings. The molecule has 4 heteroatoms. The molecule has 1 aliphatic heterocycles. The Kier molecular flexibility index (Phi) is 5.20. The van der Waals surface area contributed by atoms with Crippen LogP contribution in [0.2, 0.25) is 0 Å². The Balaban J connectivity index is 1.87. The molecular weight excluding hydrogens is 238 g/mol. The number of rotatable bonds is 4. The van der Waals surface area contributed by atoms with Crippen LogP contribution in [0.3, 0.4) is 0 Å². The Bertz CT molecular complexity index is 322. The van der Waals surface area contributed by atoms with Gasteiger partial charge in [0.1, 0.15) is 5.54 Å². The van der Waals surface area contributed by atoms with Crippen LogP contribution in [0, 0.1) is 11.3 Å². The molecule has 0 aromatic rings. The van der Waals surface area contributed by atoms with Gasteiger partial charge in [-0.1, -0.05) is 0 Å². The fourth-order valence-corrected chi connectivity index (χ4v) is 3.43. The summed E-state index contributed by atoms with van der Waals surface area (Å²) in [5.74, 6) is 0. The number of likely N-dealkylation sites (N-methyl/N-ethyl adjacent to an activating group) is 1. The molecule has 1 heterocycles. The van der Waals surface area contributed by atoms with Crippen molar-refractivity contribution in [3.05, 3.63) is 0 Å². The van der Waals surface area contributed by atoms with E-state index in [1.807, 2.05) is 7.05 Å². The van der Waals surface area contributed by atoms with Crippen LogP contribution in [0.1, 0.15) is 44.9 Å². The van der Waals surface area contributed by atoms with E-state index in [1.54, 1.807) is 0 Å². The van der Waals surface area contributed by atoms with Crippen LogP contribution in [0.5, 0.6) is 0 Å². The van der Waals surface area contributed by atoms with Gasteiger partial charge >= 0.3 is 0 Å². The van der Waals surface area contributed by atoms with Crippen LogP contribution in [0.4, 0.5) is 0 Å². The molecule has 0 bridgehead atoms. The van der Waals surface area contributed by atoms with Crippen molar-refractivity contribution in [3.8, 4) is 6.07 Å². The molecule has 1 N–H and O–H groups in total. The molecule has 1 saturated carbocycles. The van der Waals surface area contributed by atoms with Crippen molar-refractivity contribution in [2.45, 2.75) is 62.6 Å². The first-order valence-electron chi connectivity index (χ1n) is 7.61. The molecule has 19 heavy (non-hydrogen) atoms. The van der Waals surface area contributed by atoms with Crippen LogP contribution >= 0.6 is 0 Å². The second-order valence-electron chi connectivity index (χ2n) is 6.12. The molecule has 3 unspecified atom stereocenters. The lowest BCUT2D eigenvalue weighted by atomic mass is 9.79. The summed E-state index contributed by atoms with van der Waals surface area (Å²) >= 11 is 0. The summed E-state index contributed by atoms with van der Waals surface area (Å²) in [7, 11) is 4.10.